The molecule has 594 valence electrons. The van der Waals surface area contributed by atoms with Crippen LogP contribution in [0.1, 0.15) is 71.8 Å². The minimum atomic E-state index is -0.779. The summed E-state index contributed by atoms with van der Waals surface area (Å²) >= 11 is 0. The van der Waals surface area contributed by atoms with Gasteiger partial charge in [0.05, 0.1) is 16.6 Å². The monoisotopic (exact) mass is 1570 g/mol. The highest BCUT2D eigenvalue weighted by Crippen LogP contribution is 2.39. The molecule has 3 fully saturated rings. The zero-order valence-corrected chi connectivity index (χ0v) is 63.7. The second kappa shape index (κ2) is 35.9. The quantitative estimate of drug-likeness (QED) is 0.0282. The first kappa shape index (κ1) is 79.6. The third kappa shape index (κ3) is 18.7. The topological polar surface area (TPSA) is 343 Å². The molecule has 30 nitrogen and oxygen atoms in total. The Labute approximate surface area is 650 Å². The highest BCUT2D eigenvalue weighted by atomic mass is 19.1. The van der Waals surface area contributed by atoms with Crippen molar-refractivity contribution in [3.63, 3.8) is 0 Å². The van der Waals surface area contributed by atoms with Gasteiger partial charge in [0.2, 0.25) is 17.6 Å². The van der Waals surface area contributed by atoms with Crippen LogP contribution in [0.3, 0.4) is 0 Å². The fourth-order valence-corrected chi connectivity index (χ4v) is 13.2. The van der Waals surface area contributed by atoms with E-state index in [0.29, 0.717) is 34.5 Å². The highest BCUT2D eigenvalue weighted by molar-refractivity contribution is 6.03. The van der Waals surface area contributed by atoms with Crippen LogP contribution < -0.4 is 51.4 Å². The molecule has 114 heavy (non-hydrogen) atoms. The zero-order chi connectivity index (χ0) is 80.3. The maximum Gasteiger partial charge on any atom is 0.260 e. The lowest BCUT2D eigenvalue weighted by atomic mass is 10.2. The maximum atomic E-state index is 15.2. The molecular weight excluding hydrogens is 1480 g/mol. The van der Waals surface area contributed by atoms with E-state index in [0.717, 1.165) is 146 Å². The van der Waals surface area contributed by atoms with Crippen molar-refractivity contribution in [1.82, 2.24) is 106 Å². The first-order valence-corrected chi connectivity index (χ1v) is 36.7. The normalized spacial score (nSPS) is 14.4. The lowest BCUT2D eigenvalue weighted by molar-refractivity contribution is 0.0952. The number of aryl methyl sites for hydroxylation is 3. The van der Waals surface area contributed by atoms with Crippen LogP contribution in [0.2, 0.25) is 0 Å². The van der Waals surface area contributed by atoms with Gasteiger partial charge in [-0.2, -0.15) is 0 Å². The summed E-state index contributed by atoms with van der Waals surface area (Å²) in [6, 6.07) is 18.4. The summed E-state index contributed by atoms with van der Waals surface area (Å²) in [5.41, 5.74) is 4.82. The molecule has 0 saturated carbocycles. The third-order valence-corrected chi connectivity index (χ3v) is 19.3. The smallest absolute Gasteiger partial charge is 0.260 e. The number of amides is 3. The van der Waals surface area contributed by atoms with Gasteiger partial charge in [0.1, 0.15) is 53.1 Å². The Morgan fingerprint density at radius 1 is 0.412 bits per heavy atom. The fourth-order valence-electron chi connectivity index (χ4n) is 13.2. The molecule has 3 amide bonds. The second-order valence-electron chi connectivity index (χ2n) is 27.3. The number of aromatic amines is 3. The van der Waals surface area contributed by atoms with Crippen LogP contribution in [0, 0.1) is 55.7 Å². The molecule has 0 aliphatic carbocycles. The van der Waals surface area contributed by atoms with Crippen LogP contribution in [0.5, 0.6) is 34.9 Å². The average molecular weight is 1570 g/mol. The average Bonchev–Trinajstić information content (AvgIpc) is 1.54. The van der Waals surface area contributed by atoms with Gasteiger partial charge in [-0.1, -0.05) is 25.1 Å². The number of hydrogen-bond donors (Lipinski definition) is 10. The van der Waals surface area contributed by atoms with Crippen molar-refractivity contribution in [1.29, 1.82) is 0 Å². The van der Waals surface area contributed by atoms with E-state index < -0.39 is 69.9 Å². The first-order chi connectivity index (χ1) is 55.1. The third-order valence-electron chi connectivity index (χ3n) is 19.3. The molecule has 12 heterocycles. The van der Waals surface area contributed by atoms with Crippen molar-refractivity contribution in [3.05, 3.63) is 196 Å². The predicted octanol–water partition coefficient (Wildman–Crippen LogP) is 10.8. The molecule has 0 spiro atoms. The molecule has 10 N–H and O–H groups in total. The maximum absolute atomic E-state index is 15.2. The Hall–Kier alpha value is -12.5. The minimum Gasteiger partial charge on any atom is -0.435 e. The molecule has 12 aromatic rings. The molecule has 3 aliphatic heterocycles. The minimum absolute atomic E-state index is 0.0328. The summed E-state index contributed by atoms with van der Waals surface area (Å²) in [5, 5.41) is 20.0. The number of piperazine rings is 3. The number of nitrogens with one attached hydrogen (secondary N) is 10. The second-order valence-corrected chi connectivity index (χ2v) is 27.3. The van der Waals surface area contributed by atoms with Crippen molar-refractivity contribution in [2.75, 3.05) is 129 Å². The van der Waals surface area contributed by atoms with Gasteiger partial charge in [-0.3, -0.25) is 29.1 Å². The molecular formula is C78H84F6N24O6. The van der Waals surface area contributed by atoms with Gasteiger partial charge in [0.25, 0.3) is 17.7 Å². The summed E-state index contributed by atoms with van der Waals surface area (Å²) in [7, 11) is 6.42. The van der Waals surface area contributed by atoms with Crippen LogP contribution in [-0.4, -0.2) is 215 Å². The number of halogens is 6. The molecule has 0 bridgehead atoms. The number of anilines is 6. The van der Waals surface area contributed by atoms with Crippen LogP contribution in [0.4, 0.5) is 61.2 Å². The molecule has 3 saturated heterocycles. The molecule has 0 unspecified atom stereocenters. The van der Waals surface area contributed by atoms with Crippen molar-refractivity contribution < 1.29 is 54.9 Å². The van der Waals surface area contributed by atoms with Crippen molar-refractivity contribution in [2.24, 2.45) is 0 Å². The van der Waals surface area contributed by atoms with Crippen molar-refractivity contribution >= 4 is 85.3 Å². The first-order valence-electron chi connectivity index (χ1n) is 36.7. The number of carbonyl (C=O) groups excluding carboxylic acids is 3. The van der Waals surface area contributed by atoms with Gasteiger partial charge in [0, 0.05) is 189 Å². The fraction of sp³-hybridized carbons (Fsp3) is 0.308. The highest BCUT2D eigenvalue weighted by Gasteiger charge is 2.29. The van der Waals surface area contributed by atoms with Gasteiger partial charge < -0.3 is 76.2 Å². The molecule has 0 radical (unpaired) electrons. The van der Waals surface area contributed by atoms with Crippen molar-refractivity contribution in [2.45, 2.75) is 47.3 Å². The Bertz CT molecular complexity index is 5440. The lowest BCUT2D eigenvalue weighted by Gasteiger charge is -2.33. The predicted molar refractivity (Wildman–Crippen MR) is 416 cm³/mol. The number of ether oxygens (including phenoxy) is 3. The molecule has 36 heteroatoms. The van der Waals surface area contributed by atoms with Gasteiger partial charge >= 0.3 is 0 Å². The molecule has 0 atom stereocenters. The number of fused-ring (bicyclic) bond motifs is 3. The molecule has 15 rings (SSSR count). The van der Waals surface area contributed by atoms with Crippen molar-refractivity contribution in [3.8, 4) is 34.9 Å². The van der Waals surface area contributed by atoms with E-state index >= 15 is 13.2 Å². The number of rotatable bonds is 22. The number of likely N-dealkylation sites (N-methyl/N-ethyl adjacent to an activating group) is 2. The van der Waals surface area contributed by atoms with Gasteiger partial charge in [-0.25, -0.2) is 71.2 Å². The van der Waals surface area contributed by atoms with E-state index in [2.05, 4.69) is 135 Å². The summed E-state index contributed by atoms with van der Waals surface area (Å²) < 4.78 is 106. The number of nitrogens with zero attached hydrogens (tertiary/aromatic N) is 14. The standard InChI is InChI=1S/C27H30F2N8O2.C26H28F2N8O2.C25H26F2N8O2/c1-4-36-7-9-37(10-8-36)14-17-5-6-21(31-13-17)35-25-22(26(38)30-3)27(33-15-32-25)39-20-12-19(28)24-18(23(20)29)11-16(2)34-24;1-15-10-17-22(28)19(11-18(27)23(17)33-15)38-26-21(25(37)29-2)24(31-14-32-26)34-20-5-4-16(12-30-20)13-36-8-6-35(3)7-9-36;1-14-9-16-21(27)18(10-17(26)22(16)33-14)37-25-20(24(36)28-2)23(31-13-32-25)34-19-4-3-15(11-30-19)12-35-7-5-29-6-8-35/h5-6,11-13,15,34H,4,7-10,14H2,1-3H3,(H,30,38)(H,31,32,33,35);4-5,10-12,14,33H,6-9,13H2,1-3H3,(H,29,37)(H,30,31,32,34);3-4,9-11,13,29,33H,5-8,12H2,1-2H3,(H,28,36)(H,30,31,32,34). The summed E-state index contributed by atoms with van der Waals surface area (Å²) in [6.07, 6.45) is 8.80. The van der Waals surface area contributed by atoms with E-state index in [1.165, 1.54) is 52.0 Å². The molecule has 9 aromatic heterocycles. The summed E-state index contributed by atoms with van der Waals surface area (Å²) in [5.74, 6) is -6.42. The van der Waals surface area contributed by atoms with E-state index in [-0.39, 0.29) is 84.5 Å². The number of aromatic nitrogens is 12. The van der Waals surface area contributed by atoms with E-state index in [9.17, 15) is 27.6 Å². The van der Waals surface area contributed by atoms with Gasteiger partial charge in [-0.15, -0.1) is 0 Å². The van der Waals surface area contributed by atoms with E-state index in [1.54, 1.807) is 57.6 Å². The number of pyridine rings is 3. The van der Waals surface area contributed by atoms with Crippen LogP contribution in [-0.2, 0) is 19.6 Å². The SMILES string of the molecule is CCN1CCN(Cc2ccc(Nc3ncnc(Oc4cc(F)c5[nH]c(C)cc5c4F)c3C(=O)NC)nc2)CC1.CNC(=O)c1c(Nc2ccc(CN3CCN(C)CC3)cn2)ncnc1Oc1cc(F)c2[nH]c(C)cc2c1F.CNC(=O)c1c(Nc2ccc(CN3CCNCC3)cn2)ncnc1Oc1cc(F)c2[nH]c(C)cc2c1F. The summed E-state index contributed by atoms with van der Waals surface area (Å²) in [6.45, 7) is 22.8. The Balaban J connectivity index is 0.000000149. The van der Waals surface area contributed by atoms with Gasteiger partial charge in [-0.05, 0) is 87.5 Å². The summed E-state index contributed by atoms with van der Waals surface area (Å²) in [4.78, 5) is 96.5. The van der Waals surface area contributed by atoms with E-state index in [1.807, 2.05) is 18.2 Å². The number of benzene rings is 3. The number of carbonyl (C=O) groups is 3. The van der Waals surface area contributed by atoms with Crippen LogP contribution >= 0.6 is 0 Å². The van der Waals surface area contributed by atoms with Gasteiger partial charge in [0.15, 0.2) is 69.6 Å². The number of hydrogen-bond acceptors (Lipinski definition) is 24. The Morgan fingerprint density at radius 2 is 0.719 bits per heavy atom. The van der Waals surface area contributed by atoms with Crippen LogP contribution in [0.15, 0.2) is 110 Å². The zero-order valence-electron chi connectivity index (χ0n) is 63.7. The molecule has 3 aromatic carbocycles. The largest absolute Gasteiger partial charge is 0.435 e. The lowest BCUT2D eigenvalue weighted by Crippen LogP contribution is -2.45. The van der Waals surface area contributed by atoms with Crippen LogP contribution in [0.25, 0.3) is 32.7 Å². The molecule has 3 aliphatic rings. The Morgan fingerprint density at radius 3 is 1.02 bits per heavy atom. The number of H-pyrrole nitrogens is 3. The Kier molecular flexibility index (Phi) is 25.1. The van der Waals surface area contributed by atoms with E-state index in [4.69, 9.17) is 14.2 Å².